The van der Waals surface area contributed by atoms with Gasteiger partial charge in [-0.1, -0.05) is 27.7 Å². The lowest BCUT2D eigenvalue weighted by atomic mass is 10.1. The van der Waals surface area contributed by atoms with Crippen molar-refractivity contribution in [3.8, 4) is 0 Å². The molecule has 24 heavy (non-hydrogen) atoms. The maximum atomic E-state index is 11.5. The number of rotatable bonds is 13. The highest BCUT2D eigenvalue weighted by Gasteiger charge is 2.19. The van der Waals surface area contributed by atoms with E-state index in [1.54, 1.807) is 0 Å². The van der Waals surface area contributed by atoms with Crippen LogP contribution in [-0.2, 0) is 28.5 Å². The molecule has 4 N–H and O–H groups in total. The fourth-order valence-electron chi connectivity index (χ4n) is 1.46. The van der Waals surface area contributed by atoms with Crippen LogP contribution in [-0.4, -0.2) is 63.7 Å². The maximum Gasteiger partial charge on any atom is 0.323 e. The first-order valence-corrected chi connectivity index (χ1v) is 8.27. The van der Waals surface area contributed by atoms with Crippen LogP contribution in [0.4, 0.5) is 0 Å². The molecule has 0 saturated carbocycles. The SMILES string of the molecule is CC(C)C(N)C(=O)OCCOCCOCCOC(=O)C(N)C(C)C. The van der Waals surface area contributed by atoms with Crippen molar-refractivity contribution in [3.05, 3.63) is 0 Å². The van der Waals surface area contributed by atoms with E-state index in [-0.39, 0.29) is 38.3 Å². The third kappa shape index (κ3) is 10.5. The zero-order chi connectivity index (χ0) is 18.5. The lowest BCUT2D eigenvalue weighted by Gasteiger charge is -2.15. The summed E-state index contributed by atoms with van der Waals surface area (Å²) in [6.45, 7) is 8.99. The van der Waals surface area contributed by atoms with Gasteiger partial charge in [-0.05, 0) is 11.8 Å². The molecule has 0 aliphatic heterocycles. The van der Waals surface area contributed by atoms with Crippen LogP contribution in [0.2, 0.25) is 0 Å². The van der Waals surface area contributed by atoms with Gasteiger partial charge in [0.05, 0.1) is 26.4 Å². The molecule has 0 spiro atoms. The van der Waals surface area contributed by atoms with Gasteiger partial charge in [-0.15, -0.1) is 0 Å². The minimum Gasteiger partial charge on any atom is -0.462 e. The second kappa shape index (κ2) is 13.1. The second-order valence-electron chi connectivity index (χ2n) is 6.10. The Bertz CT molecular complexity index is 328. The van der Waals surface area contributed by atoms with Gasteiger partial charge >= 0.3 is 11.9 Å². The van der Waals surface area contributed by atoms with E-state index in [4.69, 9.17) is 30.4 Å². The molecule has 0 heterocycles. The summed E-state index contributed by atoms with van der Waals surface area (Å²) in [5, 5.41) is 0. The van der Waals surface area contributed by atoms with Crippen molar-refractivity contribution in [1.82, 2.24) is 0 Å². The Labute approximate surface area is 144 Å². The summed E-state index contributed by atoms with van der Waals surface area (Å²) in [5.74, 6) is -0.774. The van der Waals surface area contributed by atoms with Crippen LogP contribution in [0, 0.1) is 11.8 Å². The molecule has 0 aliphatic rings. The van der Waals surface area contributed by atoms with Gasteiger partial charge in [0, 0.05) is 0 Å². The highest BCUT2D eigenvalue weighted by atomic mass is 16.6. The maximum absolute atomic E-state index is 11.5. The van der Waals surface area contributed by atoms with Crippen LogP contribution in [0.5, 0.6) is 0 Å². The molecule has 2 unspecified atom stereocenters. The molecule has 8 nitrogen and oxygen atoms in total. The normalized spacial score (nSPS) is 13.8. The zero-order valence-electron chi connectivity index (χ0n) is 15.2. The lowest BCUT2D eigenvalue weighted by Crippen LogP contribution is -2.37. The minimum absolute atomic E-state index is 0.0380. The smallest absolute Gasteiger partial charge is 0.323 e. The average Bonchev–Trinajstić information content (AvgIpc) is 2.54. The average molecular weight is 348 g/mol. The van der Waals surface area contributed by atoms with Gasteiger partial charge in [0.2, 0.25) is 0 Å². The van der Waals surface area contributed by atoms with Crippen molar-refractivity contribution in [2.24, 2.45) is 23.3 Å². The van der Waals surface area contributed by atoms with Crippen LogP contribution >= 0.6 is 0 Å². The van der Waals surface area contributed by atoms with Gasteiger partial charge < -0.3 is 30.4 Å². The standard InChI is InChI=1S/C16H32N2O6/c1-11(2)13(17)15(19)23-9-7-21-5-6-22-8-10-24-16(20)14(18)12(3)4/h11-14H,5-10,17-18H2,1-4H3. The number of hydrogen-bond donors (Lipinski definition) is 2. The topological polar surface area (TPSA) is 123 Å². The van der Waals surface area contributed by atoms with Gasteiger partial charge in [0.25, 0.3) is 0 Å². The van der Waals surface area contributed by atoms with E-state index in [2.05, 4.69) is 0 Å². The number of ether oxygens (including phenoxy) is 4. The van der Waals surface area contributed by atoms with Crippen molar-refractivity contribution in [3.63, 3.8) is 0 Å². The summed E-state index contributed by atoms with van der Waals surface area (Å²) in [6, 6.07) is -1.22. The Balaban J connectivity index is 3.43. The Morgan fingerprint density at radius 2 is 0.958 bits per heavy atom. The fraction of sp³-hybridized carbons (Fsp3) is 0.875. The van der Waals surface area contributed by atoms with Gasteiger partial charge in [-0.2, -0.15) is 0 Å². The predicted molar refractivity (Wildman–Crippen MR) is 89.2 cm³/mol. The van der Waals surface area contributed by atoms with Gasteiger partial charge in [-0.25, -0.2) is 0 Å². The summed E-state index contributed by atoms with van der Waals surface area (Å²) >= 11 is 0. The molecule has 2 atom stereocenters. The molecule has 0 aromatic rings. The highest BCUT2D eigenvalue weighted by Crippen LogP contribution is 2.01. The van der Waals surface area contributed by atoms with E-state index in [1.165, 1.54) is 0 Å². The number of carbonyl (C=O) groups excluding carboxylic acids is 2. The molecule has 8 heteroatoms. The number of carbonyl (C=O) groups is 2. The Morgan fingerprint density at radius 3 is 1.25 bits per heavy atom. The van der Waals surface area contributed by atoms with Gasteiger partial charge in [0.15, 0.2) is 0 Å². The molecule has 0 aliphatic carbocycles. The van der Waals surface area contributed by atoms with Crippen LogP contribution in [0.1, 0.15) is 27.7 Å². The summed E-state index contributed by atoms with van der Waals surface area (Å²) in [4.78, 5) is 22.9. The highest BCUT2D eigenvalue weighted by molar-refractivity contribution is 5.76. The van der Waals surface area contributed by atoms with Gasteiger partial charge in [0.1, 0.15) is 25.3 Å². The quantitative estimate of drug-likeness (QED) is 0.354. The third-order valence-corrected chi connectivity index (χ3v) is 3.30. The first kappa shape index (κ1) is 22.8. The van der Waals surface area contributed by atoms with Crippen LogP contribution in [0.25, 0.3) is 0 Å². The van der Waals surface area contributed by atoms with Crippen LogP contribution in [0.15, 0.2) is 0 Å². The summed E-state index contributed by atoms with van der Waals surface area (Å²) in [7, 11) is 0. The molecular weight excluding hydrogens is 316 g/mol. The Morgan fingerprint density at radius 1 is 0.667 bits per heavy atom. The number of esters is 2. The number of hydrogen-bond acceptors (Lipinski definition) is 8. The molecule has 0 saturated heterocycles. The molecule has 142 valence electrons. The molecule has 0 aromatic carbocycles. The first-order chi connectivity index (χ1) is 11.3. The van der Waals surface area contributed by atoms with Crippen LogP contribution < -0.4 is 11.5 Å². The van der Waals surface area contributed by atoms with Crippen molar-refractivity contribution in [1.29, 1.82) is 0 Å². The zero-order valence-corrected chi connectivity index (χ0v) is 15.2. The molecule has 0 aromatic heterocycles. The van der Waals surface area contributed by atoms with Gasteiger partial charge in [-0.3, -0.25) is 9.59 Å². The summed E-state index contributed by atoms with van der Waals surface area (Å²) in [5.41, 5.74) is 11.3. The molecule has 0 fully saturated rings. The molecule has 0 radical (unpaired) electrons. The number of nitrogens with two attached hydrogens (primary N) is 2. The monoisotopic (exact) mass is 348 g/mol. The van der Waals surface area contributed by atoms with E-state index in [0.29, 0.717) is 13.2 Å². The van der Waals surface area contributed by atoms with E-state index >= 15 is 0 Å². The fourth-order valence-corrected chi connectivity index (χ4v) is 1.46. The second-order valence-corrected chi connectivity index (χ2v) is 6.10. The van der Waals surface area contributed by atoms with Crippen molar-refractivity contribution in [2.75, 3.05) is 39.6 Å². The van der Waals surface area contributed by atoms with E-state index in [1.807, 2.05) is 27.7 Å². The predicted octanol–water partition coefficient (Wildman–Crippen LogP) is 0.0726. The summed E-state index contributed by atoms with van der Waals surface area (Å²) < 4.78 is 20.5. The van der Waals surface area contributed by atoms with Crippen molar-refractivity contribution in [2.45, 2.75) is 39.8 Å². The Kier molecular flexibility index (Phi) is 12.4. The van der Waals surface area contributed by atoms with E-state index < -0.39 is 24.0 Å². The molecular formula is C16H32N2O6. The minimum atomic E-state index is -0.611. The van der Waals surface area contributed by atoms with Crippen LogP contribution in [0.3, 0.4) is 0 Å². The van der Waals surface area contributed by atoms with E-state index in [0.717, 1.165) is 0 Å². The molecule has 0 bridgehead atoms. The third-order valence-electron chi connectivity index (χ3n) is 3.30. The molecule has 0 amide bonds. The van der Waals surface area contributed by atoms with E-state index in [9.17, 15) is 9.59 Å². The van der Waals surface area contributed by atoms with Crippen molar-refractivity contribution >= 4 is 11.9 Å². The Hall–Kier alpha value is -1.22. The summed E-state index contributed by atoms with van der Waals surface area (Å²) in [6.07, 6.45) is 0. The lowest BCUT2D eigenvalue weighted by molar-refractivity contribution is -0.149. The largest absolute Gasteiger partial charge is 0.462 e. The van der Waals surface area contributed by atoms with Crippen molar-refractivity contribution < 1.29 is 28.5 Å². The molecule has 0 rings (SSSR count). The first-order valence-electron chi connectivity index (χ1n) is 8.27.